The monoisotopic (exact) mass is 306 g/mol. The molecule has 0 aliphatic carbocycles. The van der Waals surface area contributed by atoms with Gasteiger partial charge in [0.05, 0.1) is 5.69 Å². The Balaban J connectivity index is 2.29. The number of carbonyl (C=O) groups is 2. The van der Waals surface area contributed by atoms with Crippen LogP contribution in [-0.2, 0) is 13.0 Å². The Morgan fingerprint density at radius 3 is 2.55 bits per heavy atom. The van der Waals surface area contributed by atoms with Crippen LogP contribution >= 0.6 is 0 Å². The fourth-order valence-corrected chi connectivity index (χ4v) is 2.61. The van der Waals surface area contributed by atoms with Crippen LogP contribution in [-0.4, -0.2) is 34.0 Å². The molecule has 0 saturated heterocycles. The Morgan fingerprint density at radius 2 is 1.91 bits per heavy atom. The van der Waals surface area contributed by atoms with E-state index in [9.17, 15) is 9.59 Å². The van der Waals surface area contributed by atoms with Crippen molar-refractivity contribution >= 4 is 11.8 Å². The summed E-state index contributed by atoms with van der Waals surface area (Å²) in [5, 5.41) is 5.75. The number of rotatable bonds is 5. The maximum atomic E-state index is 12.4. The highest BCUT2D eigenvalue weighted by Gasteiger charge is 2.27. The molecule has 0 bridgehead atoms. The van der Waals surface area contributed by atoms with Gasteiger partial charge in [-0.3, -0.25) is 9.59 Å². The molecule has 2 rings (SSSR count). The van der Waals surface area contributed by atoms with Gasteiger partial charge in [-0.2, -0.15) is 0 Å². The maximum absolute atomic E-state index is 12.4. The van der Waals surface area contributed by atoms with E-state index < -0.39 is 0 Å². The second-order valence-electron chi connectivity index (χ2n) is 6.57. The summed E-state index contributed by atoms with van der Waals surface area (Å²) in [6.07, 6.45) is 2.84. The zero-order chi connectivity index (χ0) is 16.3. The minimum absolute atomic E-state index is 0.0438. The minimum Gasteiger partial charge on any atom is -0.350 e. The van der Waals surface area contributed by atoms with Gasteiger partial charge >= 0.3 is 0 Å². The van der Waals surface area contributed by atoms with Crippen LogP contribution in [0.3, 0.4) is 0 Å². The Kier molecular flexibility index (Phi) is 5.21. The van der Waals surface area contributed by atoms with E-state index in [-0.39, 0.29) is 17.9 Å². The molecule has 6 nitrogen and oxygen atoms in total. The standard InChI is InChI=1S/C16H26N4O2/c1-10(2)9-17-15(21)13-12-7-5-6-8-20(12)14(19-13)16(22)18-11(3)4/h10-11H,5-9H2,1-4H3,(H,17,21)(H,18,22). The van der Waals surface area contributed by atoms with E-state index in [0.717, 1.165) is 31.5 Å². The molecule has 2 N–H and O–H groups in total. The van der Waals surface area contributed by atoms with Gasteiger partial charge in [0.15, 0.2) is 5.82 Å². The second-order valence-corrected chi connectivity index (χ2v) is 6.57. The van der Waals surface area contributed by atoms with Gasteiger partial charge in [0.25, 0.3) is 11.8 Å². The van der Waals surface area contributed by atoms with E-state index in [1.165, 1.54) is 0 Å². The molecule has 6 heteroatoms. The van der Waals surface area contributed by atoms with E-state index in [1.54, 1.807) is 0 Å². The number of nitrogens with zero attached hydrogens (tertiary/aromatic N) is 2. The molecule has 1 aromatic heterocycles. The summed E-state index contributed by atoms with van der Waals surface area (Å²) in [6, 6.07) is 0.0438. The number of amides is 2. The van der Waals surface area contributed by atoms with Crippen LogP contribution in [0.15, 0.2) is 0 Å². The van der Waals surface area contributed by atoms with Crippen molar-refractivity contribution in [2.45, 2.75) is 59.5 Å². The lowest BCUT2D eigenvalue weighted by atomic mass is 10.1. The Morgan fingerprint density at radius 1 is 1.18 bits per heavy atom. The molecule has 1 aliphatic heterocycles. The van der Waals surface area contributed by atoms with E-state index >= 15 is 0 Å². The van der Waals surface area contributed by atoms with Crippen molar-refractivity contribution in [2.24, 2.45) is 5.92 Å². The van der Waals surface area contributed by atoms with Crippen molar-refractivity contribution in [1.82, 2.24) is 20.2 Å². The lowest BCUT2D eigenvalue weighted by molar-refractivity contribution is 0.0927. The van der Waals surface area contributed by atoms with Gasteiger partial charge < -0.3 is 15.2 Å². The van der Waals surface area contributed by atoms with Crippen molar-refractivity contribution in [3.8, 4) is 0 Å². The molecule has 2 amide bonds. The van der Waals surface area contributed by atoms with Crippen molar-refractivity contribution in [2.75, 3.05) is 6.54 Å². The third kappa shape index (κ3) is 3.67. The molecule has 0 unspecified atom stereocenters. The minimum atomic E-state index is -0.207. The van der Waals surface area contributed by atoms with Crippen LogP contribution in [0, 0.1) is 5.92 Å². The second kappa shape index (κ2) is 6.94. The smallest absolute Gasteiger partial charge is 0.287 e. The number of fused-ring (bicyclic) bond motifs is 1. The third-order valence-electron chi connectivity index (χ3n) is 3.63. The highest BCUT2D eigenvalue weighted by molar-refractivity contribution is 5.97. The summed E-state index contributed by atoms with van der Waals surface area (Å²) in [7, 11) is 0. The van der Waals surface area contributed by atoms with E-state index in [0.29, 0.717) is 24.0 Å². The molecule has 1 aliphatic rings. The Hall–Kier alpha value is -1.85. The van der Waals surface area contributed by atoms with E-state index in [2.05, 4.69) is 15.6 Å². The van der Waals surface area contributed by atoms with Gasteiger partial charge in [0, 0.05) is 19.1 Å². The van der Waals surface area contributed by atoms with Crippen LogP contribution in [0.4, 0.5) is 0 Å². The molecule has 1 aromatic rings. The lowest BCUT2D eigenvalue weighted by Gasteiger charge is -2.17. The molecule has 122 valence electrons. The summed E-state index contributed by atoms with van der Waals surface area (Å²) in [4.78, 5) is 29.0. The number of hydrogen-bond acceptors (Lipinski definition) is 3. The molecule has 0 saturated carbocycles. The van der Waals surface area contributed by atoms with E-state index in [4.69, 9.17) is 0 Å². The van der Waals surface area contributed by atoms with Gasteiger partial charge in [0.2, 0.25) is 0 Å². The molecule has 0 spiro atoms. The van der Waals surface area contributed by atoms with Crippen LogP contribution in [0.2, 0.25) is 0 Å². The van der Waals surface area contributed by atoms with Crippen molar-refractivity contribution < 1.29 is 9.59 Å². The molecular weight excluding hydrogens is 280 g/mol. The zero-order valence-electron chi connectivity index (χ0n) is 13.9. The predicted molar refractivity (Wildman–Crippen MR) is 84.9 cm³/mol. The van der Waals surface area contributed by atoms with Crippen LogP contribution < -0.4 is 10.6 Å². The first-order valence-electron chi connectivity index (χ1n) is 8.08. The zero-order valence-corrected chi connectivity index (χ0v) is 13.9. The molecular formula is C16H26N4O2. The summed E-state index contributed by atoms with van der Waals surface area (Å²) in [6.45, 7) is 9.27. The van der Waals surface area contributed by atoms with E-state index in [1.807, 2.05) is 32.3 Å². The average Bonchev–Trinajstić information content (AvgIpc) is 2.83. The Labute approximate surface area is 131 Å². The first-order chi connectivity index (χ1) is 10.4. The fourth-order valence-electron chi connectivity index (χ4n) is 2.61. The van der Waals surface area contributed by atoms with Gasteiger partial charge in [-0.05, 0) is 39.0 Å². The summed E-state index contributed by atoms with van der Waals surface area (Å²) in [5.74, 6) is 0.355. The van der Waals surface area contributed by atoms with Crippen molar-refractivity contribution in [1.29, 1.82) is 0 Å². The number of aromatic nitrogens is 2. The molecule has 2 heterocycles. The number of imidazole rings is 1. The SMILES string of the molecule is CC(C)CNC(=O)c1nc(C(=O)NC(C)C)n2c1CCCC2. The number of nitrogens with one attached hydrogen (secondary N) is 2. The maximum Gasteiger partial charge on any atom is 0.287 e. The highest BCUT2D eigenvalue weighted by Crippen LogP contribution is 2.21. The molecule has 0 fully saturated rings. The largest absolute Gasteiger partial charge is 0.350 e. The third-order valence-corrected chi connectivity index (χ3v) is 3.63. The number of hydrogen-bond donors (Lipinski definition) is 2. The topological polar surface area (TPSA) is 76.0 Å². The van der Waals surface area contributed by atoms with Crippen molar-refractivity contribution in [3.05, 3.63) is 17.2 Å². The van der Waals surface area contributed by atoms with Gasteiger partial charge in [-0.1, -0.05) is 13.8 Å². The first-order valence-corrected chi connectivity index (χ1v) is 8.08. The first kappa shape index (κ1) is 16.5. The van der Waals surface area contributed by atoms with Gasteiger partial charge in [-0.15, -0.1) is 0 Å². The molecule has 0 aromatic carbocycles. The normalized spacial score (nSPS) is 14.1. The Bertz CT molecular complexity index is 561. The molecule has 0 atom stereocenters. The van der Waals surface area contributed by atoms with Crippen LogP contribution in [0.5, 0.6) is 0 Å². The van der Waals surface area contributed by atoms with Crippen LogP contribution in [0.1, 0.15) is 67.3 Å². The quantitative estimate of drug-likeness (QED) is 0.870. The van der Waals surface area contributed by atoms with Gasteiger partial charge in [-0.25, -0.2) is 4.98 Å². The summed E-state index contributed by atoms with van der Waals surface area (Å²) < 4.78 is 1.91. The predicted octanol–water partition coefficient (Wildman–Crippen LogP) is 1.74. The van der Waals surface area contributed by atoms with Crippen molar-refractivity contribution in [3.63, 3.8) is 0 Å². The molecule has 22 heavy (non-hydrogen) atoms. The fraction of sp³-hybridized carbons (Fsp3) is 0.688. The average molecular weight is 306 g/mol. The number of carbonyl (C=O) groups excluding carboxylic acids is 2. The molecule has 0 radical (unpaired) electrons. The van der Waals surface area contributed by atoms with Crippen LogP contribution in [0.25, 0.3) is 0 Å². The lowest BCUT2D eigenvalue weighted by Crippen LogP contribution is -2.33. The van der Waals surface area contributed by atoms with Gasteiger partial charge in [0.1, 0.15) is 5.69 Å². The highest BCUT2D eigenvalue weighted by atomic mass is 16.2. The summed E-state index contributed by atoms with van der Waals surface area (Å²) in [5.41, 5.74) is 1.30. The summed E-state index contributed by atoms with van der Waals surface area (Å²) >= 11 is 0.